The summed E-state index contributed by atoms with van der Waals surface area (Å²) in [6, 6.07) is 15.4. The SMILES string of the molecule is O=C(N/N=C\c1c[nH]c2ccccc12)C(=O)N/N=C/c1c[nH]c2ccccc12. The predicted octanol–water partition coefficient (Wildman–Crippen LogP) is 2.25. The van der Waals surface area contributed by atoms with Crippen molar-refractivity contribution in [2.75, 3.05) is 0 Å². The normalized spacial score (nSPS) is 11.6. The molecule has 0 radical (unpaired) electrons. The molecule has 4 N–H and O–H groups in total. The van der Waals surface area contributed by atoms with Gasteiger partial charge in [-0.05, 0) is 12.1 Å². The van der Waals surface area contributed by atoms with Crippen molar-refractivity contribution < 1.29 is 9.59 Å². The first-order valence-corrected chi connectivity index (χ1v) is 8.51. The van der Waals surface area contributed by atoms with E-state index in [9.17, 15) is 9.59 Å². The fourth-order valence-corrected chi connectivity index (χ4v) is 2.82. The van der Waals surface area contributed by atoms with Crippen molar-refractivity contribution >= 4 is 46.0 Å². The van der Waals surface area contributed by atoms with Crippen LogP contribution in [0.1, 0.15) is 11.1 Å². The number of hydrogen-bond acceptors (Lipinski definition) is 4. The lowest BCUT2D eigenvalue weighted by Crippen LogP contribution is -2.35. The minimum absolute atomic E-state index is 0.800. The first kappa shape index (κ1) is 17.2. The molecule has 8 nitrogen and oxygen atoms in total. The third-order valence-corrected chi connectivity index (χ3v) is 4.19. The summed E-state index contributed by atoms with van der Waals surface area (Å²) in [6.45, 7) is 0. The van der Waals surface area contributed by atoms with Gasteiger partial charge in [0.05, 0.1) is 12.4 Å². The Morgan fingerprint density at radius 2 is 1.14 bits per heavy atom. The largest absolute Gasteiger partial charge is 0.361 e. The molecule has 0 atom stereocenters. The Balaban J connectivity index is 1.34. The molecule has 0 fully saturated rings. The van der Waals surface area contributed by atoms with Crippen LogP contribution in [-0.2, 0) is 9.59 Å². The minimum Gasteiger partial charge on any atom is -0.361 e. The lowest BCUT2D eigenvalue weighted by atomic mass is 10.2. The van der Waals surface area contributed by atoms with E-state index in [4.69, 9.17) is 0 Å². The molecule has 2 aromatic heterocycles. The average Bonchev–Trinajstić information content (AvgIpc) is 3.32. The van der Waals surface area contributed by atoms with Crippen molar-refractivity contribution in [1.29, 1.82) is 0 Å². The maximum Gasteiger partial charge on any atom is 0.331 e. The molecule has 2 heterocycles. The summed E-state index contributed by atoms with van der Waals surface area (Å²) in [5.74, 6) is -1.82. The van der Waals surface area contributed by atoms with Crippen molar-refractivity contribution in [3.05, 3.63) is 72.1 Å². The molecule has 0 aliphatic rings. The number of benzene rings is 2. The Hall–Kier alpha value is -4.20. The quantitative estimate of drug-likeness (QED) is 0.250. The van der Waals surface area contributed by atoms with Gasteiger partial charge in [0.25, 0.3) is 0 Å². The van der Waals surface area contributed by atoms with Crippen LogP contribution in [0.4, 0.5) is 0 Å². The van der Waals surface area contributed by atoms with E-state index < -0.39 is 11.8 Å². The second-order valence-electron chi connectivity index (χ2n) is 5.98. The van der Waals surface area contributed by atoms with Crippen LogP contribution < -0.4 is 10.9 Å². The number of carbonyl (C=O) groups excluding carboxylic acids is 2. The van der Waals surface area contributed by atoms with Crippen LogP contribution >= 0.6 is 0 Å². The Morgan fingerprint density at radius 3 is 1.61 bits per heavy atom. The molecule has 0 saturated carbocycles. The van der Waals surface area contributed by atoms with Gasteiger partial charge in [0.2, 0.25) is 0 Å². The Labute approximate surface area is 159 Å². The van der Waals surface area contributed by atoms with E-state index >= 15 is 0 Å². The number of amides is 2. The lowest BCUT2D eigenvalue weighted by Gasteiger charge is -1.98. The lowest BCUT2D eigenvalue weighted by molar-refractivity contribution is -0.139. The van der Waals surface area contributed by atoms with E-state index in [1.165, 1.54) is 12.4 Å². The number of para-hydroxylation sites is 2. The van der Waals surface area contributed by atoms with Crippen LogP contribution in [0.5, 0.6) is 0 Å². The molecule has 2 aromatic carbocycles. The zero-order chi connectivity index (χ0) is 19.3. The molecule has 4 rings (SSSR count). The van der Waals surface area contributed by atoms with Crippen LogP contribution in [0.15, 0.2) is 71.1 Å². The Bertz CT molecular complexity index is 1120. The van der Waals surface area contributed by atoms with Gasteiger partial charge in [-0.25, -0.2) is 10.9 Å². The van der Waals surface area contributed by atoms with Gasteiger partial charge in [0, 0.05) is 45.3 Å². The van der Waals surface area contributed by atoms with Crippen LogP contribution in [0, 0.1) is 0 Å². The number of hydrazone groups is 2. The van der Waals surface area contributed by atoms with E-state index in [0.29, 0.717) is 0 Å². The fraction of sp³-hybridized carbons (Fsp3) is 0. The predicted molar refractivity (Wildman–Crippen MR) is 108 cm³/mol. The summed E-state index contributed by atoms with van der Waals surface area (Å²) in [6.07, 6.45) is 6.48. The molecule has 0 unspecified atom stereocenters. The van der Waals surface area contributed by atoms with Gasteiger partial charge in [0.1, 0.15) is 0 Å². The van der Waals surface area contributed by atoms with Crippen molar-refractivity contribution in [2.45, 2.75) is 0 Å². The topological polar surface area (TPSA) is 114 Å². The highest BCUT2D eigenvalue weighted by Gasteiger charge is 2.11. The van der Waals surface area contributed by atoms with Crippen molar-refractivity contribution in [2.24, 2.45) is 10.2 Å². The van der Waals surface area contributed by atoms with Crippen LogP contribution in [0.25, 0.3) is 21.8 Å². The Kier molecular flexibility index (Phi) is 4.67. The molecule has 0 aliphatic heterocycles. The molecule has 4 aromatic rings. The number of H-pyrrole nitrogens is 2. The highest BCUT2D eigenvalue weighted by molar-refractivity contribution is 6.35. The van der Waals surface area contributed by atoms with Gasteiger partial charge in [-0.2, -0.15) is 10.2 Å². The second-order valence-corrected chi connectivity index (χ2v) is 5.98. The number of hydrogen-bond donors (Lipinski definition) is 4. The van der Waals surface area contributed by atoms with Crippen LogP contribution in [0.2, 0.25) is 0 Å². The smallest absolute Gasteiger partial charge is 0.331 e. The molecule has 0 aliphatic carbocycles. The maximum atomic E-state index is 11.8. The van der Waals surface area contributed by atoms with Crippen molar-refractivity contribution in [1.82, 2.24) is 20.8 Å². The van der Waals surface area contributed by atoms with Gasteiger partial charge in [-0.3, -0.25) is 9.59 Å². The van der Waals surface area contributed by atoms with E-state index in [2.05, 4.69) is 31.0 Å². The first-order chi connectivity index (χ1) is 13.7. The highest BCUT2D eigenvalue weighted by Crippen LogP contribution is 2.16. The number of aromatic nitrogens is 2. The number of nitrogens with one attached hydrogen (secondary N) is 4. The van der Waals surface area contributed by atoms with Gasteiger partial charge >= 0.3 is 11.8 Å². The maximum absolute atomic E-state index is 11.8. The molecule has 0 bridgehead atoms. The average molecular weight is 372 g/mol. The Morgan fingerprint density at radius 1 is 0.714 bits per heavy atom. The van der Waals surface area contributed by atoms with E-state index in [0.717, 1.165) is 32.9 Å². The number of fused-ring (bicyclic) bond motifs is 2. The number of nitrogens with zero attached hydrogens (tertiary/aromatic N) is 2. The highest BCUT2D eigenvalue weighted by atomic mass is 16.2. The summed E-state index contributed by atoms with van der Waals surface area (Å²) in [4.78, 5) is 29.8. The molecule has 0 saturated heterocycles. The molecule has 28 heavy (non-hydrogen) atoms. The fourth-order valence-electron chi connectivity index (χ4n) is 2.82. The number of aromatic amines is 2. The molecule has 2 amide bonds. The summed E-state index contributed by atoms with van der Waals surface area (Å²) in [5, 5.41) is 9.58. The summed E-state index contributed by atoms with van der Waals surface area (Å²) in [5.41, 5.74) is 7.88. The monoisotopic (exact) mass is 372 g/mol. The van der Waals surface area contributed by atoms with Gasteiger partial charge in [0.15, 0.2) is 0 Å². The van der Waals surface area contributed by atoms with Gasteiger partial charge < -0.3 is 9.97 Å². The van der Waals surface area contributed by atoms with Gasteiger partial charge in [-0.1, -0.05) is 36.4 Å². The van der Waals surface area contributed by atoms with Crippen molar-refractivity contribution in [3.8, 4) is 0 Å². The minimum atomic E-state index is -0.910. The number of carbonyl (C=O) groups is 2. The zero-order valence-electron chi connectivity index (χ0n) is 14.6. The van der Waals surface area contributed by atoms with Crippen LogP contribution in [-0.4, -0.2) is 34.2 Å². The molecule has 138 valence electrons. The van der Waals surface area contributed by atoms with E-state index in [-0.39, 0.29) is 0 Å². The van der Waals surface area contributed by atoms with Crippen molar-refractivity contribution in [3.63, 3.8) is 0 Å². The molecular formula is C20H16N6O2. The summed E-state index contributed by atoms with van der Waals surface area (Å²) >= 11 is 0. The first-order valence-electron chi connectivity index (χ1n) is 8.51. The van der Waals surface area contributed by atoms with E-state index in [1.54, 1.807) is 12.4 Å². The van der Waals surface area contributed by atoms with Gasteiger partial charge in [-0.15, -0.1) is 0 Å². The zero-order valence-corrected chi connectivity index (χ0v) is 14.6. The number of rotatable bonds is 4. The summed E-state index contributed by atoms with van der Waals surface area (Å²) < 4.78 is 0. The standard InChI is InChI=1S/C20H16N6O2/c27-19(25-23-11-13-9-21-17-7-3-1-5-15(13)17)20(28)26-24-12-14-10-22-18-8-4-2-6-16(14)18/h1-12,21-22H,(H,25,27)(H,26,28)/b23-11-,24-12+. The molecule has 8 heteroatoms. The molecular weight excluding hydrogens is 356 g/mol. The second kappa shape index (κ2) is 7.58. The van der Waals surface area contributed by atoms with E-state index in [1.807, 2.05) is 48.5 Å². The molecule has 0 spiro atoms. The van der Waals surface area contributed by atoms with Crippen LogP contribution in [0.3, 0.4) is 0 Å². The summed E-state index contributed by atoms with van der Waals surface area (Å²) in [7, 11) is 0. The third kappa shape index (κ3) is 3.51. The third-order valence-electron chi connectivity index (χ3n) is 4.19.